The highest BCUT2D eigenvalue weighted by molar-refractivity contribution is 6.32. The number of hydrogen-bond donors (Lipinski definition) is 1. The van der Waals surface area contributed by atoms with Crippen molar-refractivity contribution >= 4 is 19.0 Å². The van der Waals surface area contributed by atoms with Crippen molar-refractivity contribution in [3.63, 3.8) is 0 Å². The van der Waals surface area contributed by atoms with Crippen molar-refractivity contribution in [2.24, 2.45) is 0 Å². The van der Waals surface area contributed by atoms with Crippen LogP contribution in [0.15, 0.2) is 42.5 Å². The van der Waals surface area contributed by atoms with E-state index in [1.807, 2.05) is 49.4 Å². The van der Waals surface area contributed by atoms with Crippen molar-refractivity contribution in [1.29, 1.82) is 0 Å². The SMILES string of the molecule is [B]c1cccc(COc2ccc(N)cc2C)c1. The van der Waals surface area contributed by atoms with E-state index in [0.29, 0.717) is 6.61 Å². The third-order valence-corrected chi connectivity index (χ3v) is 2.54. The summed E-state index contributed by atoms with van der Waals surface area (Å²) >= 11 is 0. The molecule has 0 saturated carbocycles. The normalized spacial score (nSPS) is 10.2. The van der Waals surface area contributed by atoms with E-state index in [1.165, 1.54) is 0 Å². The van der Waals surface area contributed by atoms with Crippen molar-refractivity contribution < 1.29 is 4.74 Å². The Bertz CT molecular complexity index is 525. The van der Waals surface area contributed by atoms with Crippen molar-refractivity contribution in [1.82, 2.24) is 0 Å². The molecule has 2 nitrogen and oxygen atoms in total. The van der Waals surface area contributed by atoms with Gasteiger partial charge in [-0.3, -0.25) is 0 Å². The summed E-state index contributed by atoms with van der Waals surface area (Å²) < 4.78 is 5.72. The molecule has 0 aliphatic heterocycles. The fraction of sp³-hybridized carbons (Fsp3) is 0.143. The average Bonchev–Trinajstić information content (AvgIpc) is 2.28. The van der Waals surface area contributed by atoms with Gasteiger partial charge in [0, 0.05) is 5.69 Å². The molecule has 3 heteroatoms. The maximum atomic E-state index is 5.72. The molecular weight excluding hydrogens is 209 g/mol. The smallest absolute Gasteiger partial charge is 0.122 e. The summed E-state index contributed by atoms with van der Waals surface area (Å²) in [5.74, 6) is 0.849. The van der Waals surface area contributed by atoms with E-state index in [2.05, 4.69) is 0 Å². The largest absolute Gasteiger partial charge is 0.489 e. The van der Waals surface area contributed by atoms with Crippen LogP contribution in [0.5, 0.6) is 5.75 Å². The van der Waals surface area contributed by atoms with Gasteiger partial charge in [-0.2, -0.15) is 0 Å². The van der Waals surface area contributed by atoms with Crippen LogP contribution < -0.4 is 15.9 Å². The first-order valence-corrected chi connectivity index (χ1v) is 5.48. The minimum absolute atomic E-state index is 0.510. The first-order valence-electron chi connectivity index (χ1n) is 5.48. The average molecular weight is 223 g/mol. The van der Waals surface area contributed by atoms with Gasteiger partial charge in [-0.05, 0) is 36.2 Å². The molecule has 17 heavy (non-hydrogen) atoms. The molecule has 0 fully saturated rings. The summed E-state index contributed by atoms with van der Waals surface area (Å²) in [5.41, 5.74) is 9.27. The van der Waals surface area contributed by atoms with E-state index >= 15 is 0 Å². The van der Waals surface area contributed by atoms with Gasteiger partial charge in [-0.25, -0.2) is 0 Å². The Morgan fingerprint density at radius 1 is 1.18 bits per heavy atom. The molecule has 2 rings (SSSR count). The van der Waals surface area contributed by atoms with Gasteiger partial charge < -0.3 is 10.5 Å². The Morgan fingerprint density at radius 2 is 2.00 bits per heavy atom. The summed E-state index contributed by atoms with van der Waals surface area (Å²) in [6, 6.07) is 13.3. The molecule has 0 amide bonds. The molecule has 84 valence electrons. The van der Waals surface area contributed by atoms with Gasteiger partial charge in [0.15, 0.2) is 0 Å². The molecule has 0 unspecified atom stereocenters. The number of benzene rings is 2. The summed E-state index contributed by atoms with van der Waals surface area (Å²) in [6.07, 6.45) is 0. The maximum absolute atomic E-state index is 5.72. The third-order valence-electron chi connectivity index (χ3n) is 2.54. The van der Waals surface area contributed by atoms with Crippen molar-refractivity contribution in [2.75, 3.05) is 5.73 Å². The van der Waals surface area contributed by atoms with Crippen LogP contribution >= 0.6 is 0 Å². The Balaban J connectivity index is 2.07. The predicted molar refractivity (Wildman–Crippen MR) is 71.8 cm³/mol. The fourth-order valence-electron chi connectivity index (χ4n) is 1.68. The number of anilines is 1. The van der Waals surface area contributed by atoms with Crippen molar-refractivity contribution in [2.45, 2.75) is 13.5 Å². The van der Waals surface area contributed by atoms with Crippen LogP contribution in [-0.4, -0.2) is 7.85 Å². The van der Waals surface area contributed by atoms with Crippen LogP contribution in [0.1, 0.15) is 11.1 Å². The Kier molecular flexibility index (Phi) is 3.38. The van der Waals surface area contributed by atoms with Gasteiger partial charge in [0.05, 0.1) is 0 Å². The lowest BCUT2D eigenvalue weighted by atomic mass is 9.95. The molecule has 0 spiro atoms. The van der Waals surface area contributed by atoms with Gasteiger partial charge in [-0.1, -0.05) is 29.7 Å². The molecule has 0 saturated heterocycles. The van der Waals surface area contributed by atoms with Crippen LogP contribution in [0.3, 0.4) is 0 Å². The van der Waals surface area contributed by atoms with E-state index in [-0.39, 0.29) is 0 Å². The molecule has 2 aromatic rings. The highest BCUT2D eigenvalue weighted by Crippen LogP contribution is 2.21. The number of nitrogen functional groups attached to an aromatic ring is 1. The summed E-state index contributed by atoms with van der Waals surface area (Å²) in [7, 11) is 5.71. The van der Waals surface area contributed by atoms with Crippen LogP contribution in [-0.2, 0) is 6.61 Å². The number of nitrogens with two attached hydrogens (primary N) is 1. The van der Waals surface area contributed by atoms with Crippen LogP contribution in [0, 0.1) is 6.92 Å². The molecule has 0 aromatic heterocycles. The second-order valence-electron chi connectivity index (χ2n) is 4.06. The summed E-state index contributed by atoms with van der Waals surface area (Å²) in [4.78, 5) is 0. The molecule has 0 atom stereocenters. The minimum Gasteiger partial charge on any atom is -0.489 e. The van der Waals surface area contributed by atoms with Crippen LogP contribution in [0.2, 0.25) is 0 Å². The predicted octanol–water partition coefficient (Wildman–Crippen LogP) is 1.95. The molecule has 0 aliphatic carbocycles. The van der Waals surface area contributed by atoms with E-state index in [1.54, 1.807) is 0 Å². The minimum atomic E-state index is 0.510. The second kappa shape index (κ2) is 4.96. The van der Waals surface area contributed by atoms with Crippen LogP contribution in [0.25, 0.3) is 0 Å². The third kappa shape index (κ3) is 3.03. The number of ether oxygens (including phenoxy) is 1. The van der Waals surface area contributed by atoms with Gasteiger partial charge in [0.2, 0.25) is 0 Å². The standard InChI is InChI=1S/C14H14BNO/c1-10-7-13(16)5-6-14(10)17-9-11-3-2-4-12(15)8-11/h2-8H,9,16H2,1H3. The Labute approximate surface area is 103 Å². The second-order valence-corrected chi connectivity index (χ2v) is 4.06. The number of hydrogen-bond acceptors (Lipinski definition) is 2. The molecule has 2 N–H and O–H groups in total. The molecule has 2 radical (unpaired) electrons. The van der Waals surface area contributed by atoms with Crippen LogP contribution in [0.4, 0.5) is 5.69 Å². The topological polar surface area (TPSA) is 35.2 Å². The zero-order valence-electron chi connectivity index (χ0n) is 9.81. The van der Waals surface area contributed by atoms with E-state index < -0.39 is 0 Å². The quantitative estimate of drug-likeness (QED) is 0.637. The monoisotopic (exact) mass is 223 g/mol. The van der Waals surface area contributed by atoms with E-state index in [4.69, 9.17) is 18.3 Å². The lowest BCUT2D eigenvalue weighted by Gasteiger charge is -2.10. The first-order chi connectivity index (χ1) is 8.15. The van der Waals surface area contributed by atoms with E-state index in [9.17, 15) is 0 Å². The zero-order chi connectivity index (χ0) is 12.3. The van der Waals surface area contributed by atoms with Gasteiger partial charge >= 0.3 is 0 Å². The van der Waals surface area contributed by atoms with E-state index in [0.717, 1.165) is 28.0 Å². The summed E-state index contributed by atoms with van der Waals surface area (Å²) in [6.45, 7) is 2.49. The highest BCUT2D eigenvalue weighted by atomic mass is 16.5. The van der Waals surface area contributed by atoms with Gasteiger partial charge in [0.25, 0.3) is 0 Å². The van der Waals surface area contributed by atoms with Gasteiger partial charge in [-0.15, -0.1) is 0 Å². The Hall–Kier alpha value is -1.90. The van der Waals surface area contributed by atoms with Crippen molar-refractivity contribution in [3.8, 4) is 5.75 Å². The fourth-order valence-corrected chi connectivity index (χ4v) is 1.68. The first kappa shape index (κ1) is 11.6. The summed E-state index contributed by atoms with van der Waals surface area (Å²) in [5, 5.41) is 0. The van der Waals surface area contributed by atoms with Crippen molar-refractivity contribution in [3.05, 3.63) is 53.6 Å². The molecular formula is C14H14BNO. The lowest BCUT2D eigenvalue weighted by molar-refractivity contribution is 0.304. The van der Waals surface area contributed by atoms with Gasteiger partial charge in [0.1, 0.15) is 20.2 Å². The number of aryl methyl sites for hydroxylation is 1. The molecule has 0 heterocycles. The number of rotatable bonds is 3. The molecule has 0 bridgehead atoms. The molecule has 0 aliphatic rings. The Morgan fingerprint density at radius 3 is 2.71 bits per heavy atom. The maximum Gasteiger partial charge on any atom is 0.122 e. The molecule has 2 aromatic carbocycles. The highest BCUT2D eigenvalue weighted by Gasteiger charge is 2.00. The lowest BCUT2D eigenvalue weighted by Crippen LogP contribution is -2.05. The zero-order valence-corrected chi connectivity index (χ0v) is 9.81.